The second-order valence-corrected chi connectivity index (χ2v) is 7.02. The molecule has 5 heteroatoms. The van der Waals surface area contributed by atoms with Gasteiger partial charge in [-0.05, 0) is 71.1 Å². The highest BCUT2D eigenvalue weighted by molar-refractivity contribution is 9.10. The fourth-order valence-electron chi connectivity index (χ4n) is 3.45. The van der Waals surface area contributed by atoms with Gasteiger partial charge in [0.05, 0.1) is 25.8 Å². The van der Waals surface area contributed by atoms with Crippen LogP contribution in [0.1, 0.15) is 29.2 Å². The first-order chi connectivity index (χ1) is 12.2. The molecule has 0 aromatic heterocycles. The van der Waals surface area contributed by atoms with Crippen LogP contribution in [0.2, 0.25) is 0 Å². The second kappa shape index (κ2) is 8.11. The number of hydrogen-bond acceptors (Lipinski definition) is 4. The third kappa shape index (κ3) is 3.93. The van der Waals surface area contributed by atoms with Crippen LogP contribution in [0, 0.1) is 0 Å². The van der Waals surface area contributed by atoms with Crippen molar-refractivity contribution in [2.75, 3.05) is 27.9 Å². The standard InChI is InChI=1S/C20H24BrNO3/c1-23-15-11-14-8-9-22-17(20(14)19(12-15)25-3)6-4-13-5-7-18(24-2)16(21)10-13/h5,7,10-12,17,22H,4,6,8-9H2,1-3H3. The monoisotopic (exact) mass is 405 g/mol. The molecule has 0 bridgehead atoms. The Balaban J connectivity index is 1.80. The number of halogens is 1. The number of ether oxygens (including phenoxy) is 3. The van der Waals surface area contributed by atoms with Crippen LogP contribution in [0.25, 0.3) is 0 Å². The van der Waals surface area contributed by atoms with E-state index in [9.17, 15) is 0 Å². The summed E-state index contributed by atoms with van der Waals surface area (Å²) < 4.78 is 17.3. The summed E-state index contributed by atoms with van der Waals surface area (Å²) in [7, 11) is 5.10. The highest BCUT2D eigenvalue weighted by Crippen LogP contribution is 2.38. The van der Waals surface area contributed by atoms with Gasteiger partial charge >= 0.3 is 0 Å². The van der Waals surface area contributed by atoms with E-state index < -0.39 is 0 Å². The van der Waals surface area contributed by atoms with Crippen LogP contribution >= 0.6 is 15.9 Å². The Hall–Kier alpha value is -1.72. The van der Waals surface area contributed by atoms with Gasteiger partial charge < -0.3 is 19.5 Å². The molecule has 2 aromatic carbocycles. The molecule has 4 nitrogen and oxygen atoms in total. The minimum atomic E-state index is 0.283. The first-order valence-electron chi connectivity index (χ1n) is 8.47. The molecule has 0 aliphatic carbocycles. The predicted octanol–water partition coefficient (Wildman–Crippen LogP) is 4.29. The first kappa shape index (κ1) is 18.1. The van der Waals surface area contributed by atoms with Gasteiger partial charge in [-0.25, -0.2) is 0 Å². The minimum Gasteiger partial charge on any atom is -0.497 e. The SMILES string of the molecule is COc1cc2c(c(OC)c1)C(CCc1ccc(OC)c(Br)c1)NCC2. The van der Waals surface area contributed by atoms with Crippen molar-refractivity contribution in [3.05, 3.63) is 51.5 Å². The quantitative estimate of drug-likeness (QED) is 0.777. The van der Waals surface area contributed by atoms with Crippen molar-refractivity contribution in [3.8, 4) is 17.2 Å². The highest BCUT2D eigenvalue weighted by Gasteiger charge is 2.24. The average Bonchev–Trinajstić information content (AvgIpc) is 2.65. The summed E-state index contributed by atoms with van der Waals surface area (Å²) in [6.45, 7) is 0.973. The van der Waals surface area contributed by atoms with E-state index in [1.807, 2.05) is 12.1 Å². The Kier molecular flexibility index (Phi) is 5.86. The molecule has 1 heterocycles. The van der Waals surface area contributed by atoms with E-state index in [4.69, 9.17) is 14.2 Å². The number of hydrogen-bond donors (Lipinski definition) is 1. The van der Waals surface area contributed by atoms with Gasteiger partial charge in [-0.3, -0.25) is 0 Å². The molecule has 1 atom stereocenters. The molecule has 1 N–H and O–H groups in total. The Morgan fingerprint density at radius 1 is 1.04 bits per heavy atom. The van der Waals surface area contributed by atoms with Crippen LogP contribution in [0.5, 0.6) is 17.2 Å². The zero-order valence-electron chi connectivity index (χ0n) is 14.9. The van der Waals surface area contributed by atoms with Crippen molar-refractivity contribution >= 4 is 15.9 Å². The van der Waals surface area contributed by atoms with Gasteiger partial charge in [-0.15, -0.1) is 0 Å². The highest BCUT2D eigenvalue weighted by atomic mass is 79.9. The van der Waals surface area contributed by atoms with Crippen molar-refractivity contribution in [2.24, 2.45) is 0 Å². The summed E-state index contributed by atoms with van der Waals surface area (Å²) in [5.41, 5.74) is 3.87. The maximum absolute atomic E-state index is 5.64. The third-order valence-electron chi connectivity index (χ3n) is 4.73. The lowest BCUT2D eigenvalue weighted by atomic mass is 9.89. The first-order valence-corrected chi connectivity index (χ1v) is 9.26. The average molecular weight is 406 g/mol. The summed E-state index contributed by atoms with van der Waals surface area (Å²) in [5, 5.41) is 3.64. The van der Waals surface area contributed by atoms with Crippen LogP contribution < -0.4 is 19.5 Å². The summed E-state index contributed by atoms with van der Waals surface area (Å²) >= 11 is 3.56. The fourth-order valence-corrected chi connectivity index (χ4v) is 4.04. The van der Waals surface area contributed by atoms with Crippen molar-refractivity contribution in [2.45, 2.75) is 25.3 Å². The van der Waals surface area contributed by atoms with Gasteiger partial charge in [0.25, 0.3) is 0 Å². The Bertz CT molecular complexity index is 731. The normalized spacial score (nSPS) is 16.2. The summed E-state index contributed by atoms with van der Waals surface area (Å²) in [4.78, 5) is 0. The molecular weight excluding hydrogens is 382 g/mol. The number of benzene rings is 2. The van der Waals surface area contributed by atoms with Gasteiger partial charge in [-0.2, -0.15) is 0 Å². The lowest BCUT2D eigenvalue weighted by Crippen LogP contribution is -2.30. The fraction of sp³-hybridized carbons (Fsp3) is 0.400. The maximum atomic E-state index is 5.64. The molecule has 0 spiro atoms. The molecule has 25 heavy (non-hydrogen) atoms. The molecule has 134 valence electrons. The van der Waals surface area contributed by atoms with E-state index in [1.54, 1.807) is 21.3 Å². The number of nitrogens with one attached hydrogen (secondary N) is 1. The predicted molar refractivity (Wildman–Crippen MR) is 103 cm³/mol. The molecule has 0 radical (unpaired) electrons. The maximum Gasteiger partial charge on any atom is 0.133 e. The summed E-state index contributed by atoms with van der Waals surface area (Å²) in [6.07, 6.45) is 2.98. The molecular formula is C20H24BrNO3. The molecule has 0 saturated carbocycles. The van der Waals surface area contributed by atoms with E-state index in [0.29, 0.717) is 0 Å². The zero-order valence-corrected chi connectivity index (χ0v) is 16.5. The van der Waals surface area contributed by atoms with Crippen molar-refractivity contribution < 1.29 is 14.2 Å². The molecule has 2 aromatic rings. The van der Waals surface area contributed by atoms with Crippen LogP contribution in [0.15, 0.2) is 34.8 Å². The molecule has 3 rings (SSSR count). The van der Waals surface area contributed by atoms with E-state index in [1.165, 1.54) is 16.7 Å². The van der Waals surface area contributed by atoms with Gasteiger partial charge in [-0.1, -0.05) is 6.07 Å². The van der Waals surface area contributed by atoms with Crippen LogP contribution in [0.3, 0.4) is 0 Å². The van der Waals surface area contributed by atoms with Gasteiger partial charge in [0.2, 0.25) is 0 Å². The van der Waals surface area contributed by atoms with Crippen molar-refractivity contribution in [1.82, 2.24) is 5.32 Å². The summed E-state index contributed by atoms with van der Waals surface area (Å²) in [5.74, 6) is 2.62. The second-order valence-electron chi connectivity index (χ2n) is 6.17. The lowest BCUT2D eigenvalue weighted by molar-refractivity contribution is 0.373. The number of aryl methyl sites for hydroxylation is 1. The largest absolute Gasteiger partial charge is 0.497 e. The smallest absolute Gasteiger partial charge is 0.133 e. The van der Waals surface area contributed by atoms with Crippen LogP contribution in [-0.4, -0.2) is 27.9 Å². The number of methoxy groups -OCH3 is 3. The summed E-state index contributed by atoms with van der Waals surface area (Å²) in [6, 6.07) is 10.7. The Morgan fingerprint density at radius 2 is 1.84 bits per heavy atom. The van der Waals surface area contributed by atoms with Crippen LogP contribution in [0.4, 0.5) is 0 Å². The van der Waals surface area contributed by atoms with Crippen molar-refractivity contribution in [3.63, 3.8) is 0 Å². The van der Waals surface area contributed by atoms with Crippen LogP contribution in [-0.2, 0) is 12.8 Å². The van der Waals surface area contributed by atoms with E-state index >= 15 is 0 Å². The molecule has 0 amide bonds. The van der Waals surface area contributed by atoms with E-state index in [0.717, 1.165) is 47.5 Å². The van der Waals surface area contributed by atoms with Gasteiger partial charge in [0.15, 0.2) is 0 Å². The Labute approximate surface area is 157 Å². The lowest BCUT2D eigenvalue weighted by Gasteiger charge is -2.29. The number of fused-ring (bicyclic) bond motifs is 1. The Morgan fingerprint density at radius 3 is 2.52 bits per heavy atom. The molecule has 0 fully saturated rings. The molecule has 0 saturated heterocycles. The zero-order chi connectivity index (χ0) is 17.8. The van der Waals surface area contributed by atoms with E-state index in [-0.39, 0.29) is 6.04 Å². The molecule has 1 unspecified atom stereocenters. The number of rotatable bonds is 6. The molecule has 1 aliphatic heterocycles. The van der Waals surface area contributed by atoms with Gasteiger partial charge in [0.1, 0.15) is 17.2 Å². The van der Waals surface area contributed by atoms with Crippen molar-refractivity contribution in [1.29, 1.82) is 0 Å². The third-order valence-corrected chi connectivity index (χ3v) is 5.35. The minimum absolute atomic E-state index is 0.283. The molecule has 1 aliphatic rings. The van der Waals surface area contributed by atoms with Gasteiger partial charge in [0, 0.05) is 17.7 Å². The topological polar surface area (TPSA) is 39.7 Å². The van der Waals surface area contributed by atoms with E-state index in [2.05, 4.69) is 39.4 Å².